The first-order valence-corrected chi connectivity index (χ1v) is 9.74. The molecule has 0 amide bonds. The maximum Gasteiger partial charge on any atom is 0.431 e. The average Bonchev–Trinajstić information content (AvgIpc) is 3.39. The van der Waals surface area contributed by atoms with Gasteiger partial charge in [0.25, 0.3) is 0 Å². The molecule has 10 heteroatoms. The molecule has 0 radical (unpaired) electrons. The minimum absolute atomic E-state index is 0.0438. The van der Waals surface area contributed by atoms with Crippen molar-refractivity contribution >= 4 is 34.4 Å². The Morgan fingerprint density at radius 3 is 2.78 bits per heavy atom. The fourth-order valence-corrected chi connectivity index (χ4v) is 4.68. The summed E-state index contributed by atoms with van der Waals surface area (Å²) in [5, 5.41) is 8.07. The van der Waals surface area contributed by atoms with E-state index in [0.29, 0.717) is 11.3 Å². The first kappa shape index (κ1) is 17.9. The molecule has 0 saturated heterocycles. The lowest BCUT2D eigenvalue weighted by atomic mass is 9.96. The van der Waals surface area contributed by atoms with Crippen LogP contribution in [-0.2, 0) is 6.42 Å². The predicted octanol–water partition coefficient (Wildman–Crippen LogP) is 4.68. The van der Waals surface area contributed by atoms with Crippen molar-refractivity contribution in [2.45, 2.75) is 25.6 Å². The van der Waals surface area contributed by atoms with Gasteiger partial charge in [0.05, 0.1) is 10.5 Å². The van der Waals surface area contributed by atoms with Gasteiger partial charge in [-0.05, 0) is 30.0 Å². The van der Waals surface area contributed by atoms with Crippen molar-refractivity contribution in [1.82, 2.24) is 14.8 Å². The van der Waals surface area contributed by atoms with Crippen LogP contribution in [0, 0.1) is 0 Å². The van der Waals surface area contributed by atoms with Crippen LogP contribution in [0.3, 0.4) is 0 Å². The van der Waals surface area contributed by atoms with Crippen LogP contribution >= 0.6 is 22.7 Å². The minimum Gasteiger partial charge on any atom is -0.320 e. The number of rotatable bonds is 4. The van der Waals surface area contributed by atoms with E-state index in [1.807, 2.05) is 6.92 Å². The predicted molar refractivity (Wildman–Crippen MR) is 97.2 cm³/mol. The Balaban J connectivity index is 1.93. The number of carbonyl (C=O) groups excluding carboxylic acids is 1. The highest BCUT2D eigenvalue weighted by Gasteiger charge is 2.46. The number of Topliss-reactive ketones (excluding diaryl/α,β-unsaturated/α-hetero) is 1. The van der Waals surface area contributed by atoms with Gasteiger partial charge in [-0.2, -0.15) is 23.3 Å². The SMILES string of the molecule is CCc1ccc(C(=O)C2=C(C(F)(F)F)Nc3ncnn3[C@@H]2c2cccs2)s1. The molecule has 4 rings (SSSR count). The lowest BCUT2D eigenvalue weighted by Gasteiger charge is -2.29. The third kappa shape index (κ3) is 3.08. The summed E-state index contributed by atoms with van der Waals surface area (Å²) in [5.74, 6) is -0.697. The second kappa shape index (κ2) is 6.61. The number of hydrogen-bond donors (Lipinski definition) is 1. The van der Waals surface area contributed by atoms with Gasteiger partial charge in [0.15, 0.2) is 0 Å². The van der Waals surface area contributed by atoms with Crippen molar-refractivity contribution in [2.24, 2.45) is 0 Å². The molecule has 1 aliphatic heterocycles. The topological polar surface area (TPSA) is 59.8 Å². The first-order chi connectivity index (χ1) is 12.9. The zero-order valence-electron chi connectivity index (χ0n) is 13.9. The van der Waals surface area contributed by atoms with Gasteiger partial charge < -0.3 is 5.32 Å². The van der Waals surface area contributed by atoms with Crippen molar-refractivity contribution < 1.29 is 18.0 Å². The van der Waals surface area contributed by atoms with Crippen LogP contribution in [0.5, 0.6) is 0 Å². The highest BCUT2D eigenvalue weighted by molar-refractivity contribution is 7.14. The van der Waals surface area contributed by atoms with Gasteiger partial charge in [-0.3, -0.25) is 4.79 Å². The monoisotopic (exact) mass is 410 g/mol. The molecule has 0 spiro atoms. The van der Waals surface area contributed by atoms with Crippen LogP contribution in [0.15, 0.2) is 47.2 Å². The summed E-state index contributed by atoms with van der Waals surface area (Å²) in [6.07, 6.45) is -2.85. The molecule has 5 nitrogen and oxygen atoms in total. The van der Waals surface area contributed by atoms with E-state index in [1.165, 1.54) is 33.7 Å². The van der Waals surface area contributed by atoms with Crippen LogP contribution in [0.1, 0.15) is 32.4 Å². The molecule has 0 fully saturated rings. The maximum absolute atomic E-state index is 13.8. The van der Waals surface area contributed by atoms with Crippen molar-refractivity contribution in [3.05, 3.63) is 61.9 Å². The van der Waals surface area contributed by atoms with E-state index in [4.69, 9.17) is 0 Å². The summed E-state index contributed by atoms with van der Waals surface area (Å²) in [6.45, 7) is 1.93. The van der Waals surface area contributed by atoms with Gasteiger partial charge in [-0.15, -0.1) is 22.7 Å². The van der Waals surface area contributed by atoms with E-state index in [1.54, 1.807) is 29.6 Å². The third-order valence-corrected chi connectivity index (χ3v) is 6.32. The summed E-state index contributed by atoms with van der Waals surface area (Å²) in [7, 11) is 0. The molecule has 1 aliphatic rings. The molecule has 3 aromatic rings. The summed E-state index contributed by atoms with van der Waals surface area (Å²) in [5.41, 5.74) is -1.45. The lowest BCUT2D eigenvalue weighted by molar-refractivity contribution is -0.0918. The molecule has 0 aromatic carbocycles. The van der Waals surface area contributed by atoms with Gasteiger partial charge in [-0.25, -0.2) is 4.68 Å². The second-order valence-corrected chi connectivity index (χ2v) is 7.95. The average molecular weight is 410 g/mol. The molecule has 4 heterocycles. The number of halogens is 3. The number of anilines is 1. The summed E-state index contributed by atoms with van der Waals surface area (Å²) >= 11 is 2.48. The molecule has 0 saturated carbocycles. The van der Waals surface area contributed by atoms with Crippen molar-refractivity contribution in [2.75, 3.05) is 5.32 Å². The van der Waals surface area contributed by atoms with Gasteiger partial charge in [0.1, 0.15) is 18.1 Å². The maximum atomic E-state index is 13.8. The van der Waals surface area contributed by atoms with E-state index in [-0.39, 0.29) is 16.4 Å². The molecule has 27 heavy (non-hydrogen) atoms. The number of aromatic nitrogens is 3. The number of nitrogens with one attached hydrogen (secondary N) is 1. The lowest BCUT2D eigenvalue weighted by Crippen LogP contribution is -2.34. The quantitative estimate of drug-likeness (QED) is 0.635. The van der Waals surface area contributed by atoms with Crippen LogP contribution in [0.2, 0.25) is 0 Å². The van der Waals surface area contributed by atoms with Crippen LogP contribution in [0.25, 0.3) is 0 Å². The van der Waals surface area contributed by atoms with Crippen LogP contribution < -0.4 is 5.32 Å². The van der Waals surface area contributed by atoms with Crippen LogP contribution in [0.4, 0.5) is 19.1 Å². The van der Waals surface area contributed by atoms with Crippen LogP contribution in [-0.4, -0.2) is 26.7 Å². The fourth-order valence-electron chi connectivity index (χ4n) is 2.96. The molecular formula is C17H13F3N4OS2. The molecule has 1 atom stereocenters. The molecule has 1 N–H and O–H groups in total. The second-order valence-electron chi connectivity index (χ2n) is 5.81. The summed E-state index contributed by atoms with van der Waals surface area (Å²) in [4.78, 5) is 18.8. The number of alkyl halides is 3. The first-order valence-electron chi connectivity index (χ1n) is 8.04. The smallest absolute Gasteiger partial charge is 0.320 e. The van der Waals surface area contributed by atoms with Crippen molar-refractivity contribution in [3.8, 4) is 0 Å². The number of aryl methyl sites for hydroxylation is 1. The Labute approximate surface area is 160 Å². The zero-order chi connectivity index (χ0) is 19.2. The molecule has 0 bridgehead atoms. The Kier molecular flexibility index (Phi) is 4.39. The molecular weight excluding hydrogens is 397 g/mol. The van der Waals surface area contributed by atoms with E-state index < -0.39 is 23.7 Å². The van der Waals surface area contributed by atoms with Crippen molar-refractivity contribution in [3.63, 3.8) is 0 Å². The minimum atomic E-state index is -4.73. The highest BCUT2D eigenvalue weighted by Crippen LogP contribution is 2.43. The van der Waals surface area contributed by atoms with Crippen molar-refractivity contribution in [1.29, 1.82) is 0 Å². The number of hydrogen-bond acceptors (Lipinski definition) is 6. The van der Waals surface area contributed by atoms with E-state index in [0.717, 1.165) is 4.88 Å². The fraction of sp³-hybridized carbons (Fsp3) is 0.235. The van der Waals surface area contributed by atoms with E-state index >= 15 is 0 Å². The van der Waals surface area contributed by atoms with Gasteiger partial charge in [-0.1, -0.05) is 13.0 Å². The number of thiophene rings is 2. The number of carbonyl (C=O) groups is 1. The summed E-state index contributed by atoms with van der Waals surface area (Å²) < 4.78 is 42.8. The Hall–Kier alpha value is -2.46. The van der Waals surface area contributed by atoms with Gasteiger partial charge in [0, 0.05) is 9.75 Å². The molecule has 140 valence electrons. The molecule has 3 aromatic heterocycles. The number of allylic oxidation sites excluding steroid dienone is 2. The summed E-state index contributed by atoms with van der Waals surface area (Å²) in [6, 6.07) is 5.78. The normalized spacial score (nSPS) is 17.0. The molecule has 0 unspecified atom stereocenters. The zero-order valence-corrected chi connectivity index (χ0v) is 15.6. The van der Waals surface area contributed by atoms with Gasteiger partial charge >= 0.3 is 6.18 Å². The third-order valence-electron chi connectivity index (χ3n) is 4.17. The van der Waals surface area contributed by atoms with E-state index in [2.05, 4.69) is 15.4 Å². The van der Waals surface area contributed by atoms with E-state index in [9.17, 15) is 18.0 Å². The largest absolute Gasteiger partial charge is 0.431 e. The Bertz CT molecular complexity index is 1020. The number of ketones is 1. The molecule has 0 aliphatic carbocycles. The standard InChI is InChI=1S/C17H13F3N4OS2/c1-2-9-5-6-11(27-9)14(25)12-13(10-4-3-7-26-10)24-16(21-8-22-24)23-15(12)17(18,19)20/h3-8,13H,2H2,1H3,(H,21,22,23)/t13-/m1/s1. The Morgan fingerprint density at radius 1 is 1.33 bits per heavy atom. The number of nitrogens with zero attached hydrogens (tertiary/aromatic N) is 3. The number of fused-ring (bicyclic) bond motifs is 1. The highest BCUT2D eigenvalue weighted by atomic mass is 32.1. The Morgan fingerprint density at radius 2 is 2.15 bits per heavy atom. The van der Waals surface area contributed by atoms with Gasteiger partial charge in [0.2, 0.25) is 11.7 Å².